The summed E-state index contributed by atoms with van der Waals surface area (Å²) < 4.78 is 0. The molecule has 0 bridgehead atoms. The van der Waals surface area contributed by atoms with E-state index in [9.17, 15) is 14.7 Å². The van der Waals surface area contributed by atoms with Crippen molar-refractivity contribution in [1.82, 2.24) is 10.3 Å². The molecule has 5 heteroatoms. The van der Waals surface area contributed by atoms with Gasteiger partial charge in [0.15, 0.2) is 5.78 Å². The number of carbonyl (C=O) groups excluding carboxylic acids is 2. The molecule has 1 saturated carbocycles. The van der Waals surface area contributed by atoms with Crippen LogP contribution in [0.25, 0.3) is 0 Å². The molecule has 2 atom stereocenters. The van der Waals surface area contributed by atoms with Crippen molar-refractivity contribution < 1.29 is 14.7 Å². The lowest BCUT2D eigenvalue weighted by atomic mass is 9.86. The molecule has 24 heavy (non-hydrogen) atoms. The van der Waals surface area contributed by atoms with Gasteiger partial charge in [0.05, 0.1) is 6.10 Å². The molecule has 3 N–H and O–H groups in total. The maximum Gasteiger partial charge on any atom is 0.251 e. The van der Waals surface area contributed by atoms with E-state index in [2.05, 4.69) is 10.3 Å². The highest BCUT2D eigenvalue weighted by molar-refractivity contribution is 6.09. The topological polar surface area (TPSA) is 82.2 Å². The molecular weight excluding hydrogens is 304 g/mol. The molecule has 1 aliphatic rings. The van der Waals surface area contributed by atoms with E-state index in [4.69, 9.17) is 0 Å². The van der Waals surface area contributed by atoms with E-state index in [0.717, 1.165) is 25.7 Å². The Hall–Kier alpha value is -2.40. The number of aromatic nitrogens is 1. The average Bonchev–Trinajstić information content (AvgIpc) is 3.15. The Balaban J connectivity index is 1.58. The van der Waals surface area contributed by atoms with Gasteiger partial charge in [0.25, 0.3) is 5.91 Å². The maximum absolute atomic E-state index is 12.2. The summed E-state index contributed by atoms with van der Waals surface area (Å²) in [4.78, 5) is 27.3. The summed E-state index contributed by atoms with van der Waals surface area (Å²) in [7, 11) is 0. The third-order valence-electron chi connectivity index (χ3n) is 4.66. The Morgan fingerprint density at radius 1 is 1.04 bits per heavy atom. The number of benzene rings is 1. The van der Waals surface area contributed by atoms with E-state index in [0.29, 0.717) is 23.2 Å². The molecule has 3 rings (SSSR count). The summed E-state index contributed by atoms with van der Waals surface area (Å²) in [6, 6.07) is 8.37. The van der Waals surface area contributed by atoms with Crippen molar-refractivity contribution in [2.45, 2.75) is 31.8 Å². The zero-order valence-electron chi connectivity index (χ0n) is 13.5. The number of nitrogens with one attached hydrogen (secondary N) is 2. The number of hydrogen-bond acceptors (Lipinski definition) is 3. The van der Waals surface area contributed by atoms with Crippen LogP contribution in [0.1, 0.15) is 52.0 Å². The first-order valence-electron chi connectivity index (χ1n) is 8.39. The molecule has 126 valence electrons. The second-order valence-electron chi connectivity index (χ2n) is 6.33. The van der Waals surface area contributed by atoms with Gasteiger partial charge in [-0.15, -0.1) is 0 Å². The van der Waals surface area contributed by atoms with Crippen LogP contribution >= 0.6 is 0 Å². The summed E-state index contributed by atoms with van der Waals surface area (Å²) in [5, 5.41) is 12.8. The number of ketones is 1. The Morgan fingerprint density at radius 3 is 2.42 bits per heavy atom. The minimum atomic E-state index is -0.319. The molecule has 1 aliphatic carbocycles. The largest absolute Gasteiger partial charge is 0.393 e. The van der Waals surface area contributed by atoms with Crippen molar-refractivity contribution in [3.63, 3.8) is 0 Å². The van der Waals surface area contributed by atoms with E-state index in [1.165, 1.54) is 0 Å². The van der Waals surface area contributed by atoms with Crippen LogP contribution in [0.2, 0.25) is 0 Å². The summed E-state index contributed by atoms with van der Waals surface area (Å²) in [5.74, 6) is -0.112. The summed E-state index contributed by atoms with van der Waals surface area (Å²) >= 11 is 0. The Bertz CT molecular complexity index is 692. The van der Waals surface area contributed by atoms with E-state index in [1.54, 1.807) is 42.7 Å². The lowest BCUT2D eigenvalue weighted by Gasteiger charge is -2.27. The monoisotopic (exact) mass is 326 g/mol. The fraction of sp³-hybridized carbons (Fsp3) is 0.368. The second kappa shape index (κ2) is 7.45. The number of aliphatic hydroxyl groups is 1. The van der Waals surface area contributed by atoms with Gasteiger partial charge in [-0.2, -0.15) is 0 Å². The Kier molecular flexibility index (Phi) is 5.11. The number of aliphatic hydroxyl groups excluding tert-OH is 1. The summed E-state index contributed by atoms with van der Waals surface area (Å²) in [6.07, 6.45) is 6.96. The van der Waals surface area contributed by atoms with E-state index in [-0.39, 0.29) is 23.7 Å². The molecule has 5 nitrogen and oxygen atoms in total. The van der Waals surface area contributed by atoms with Crippen LogP contribution in [0.15, 0.2) is 42.7 Å². The van der Waals surface area contributed by atoms with Crippen LogP contribution in [0.5, 0.6) is 0 Å². The number of aromatic amines is 1. The smallest absolute Gasteiger partial charge is 0.251 e. The molecule has 1 amide bonds. The van der Waals surface area contributed by atoms with Crippen LogP contribution in [0.4, 0.5) is 0 Å². The van der Waals surface area contributed by atoms with Crippen LogP contribution in [-0.2, 0) is 0 Å². The van der Waals surface area contributed by atoms with Gasteiger partial charge in [0.1, 0.15) is 0 Å². The highest BCUT2D eigenvalue weighted by atomic mass is 16.3. The molecule has 1 heterocycles. The third-order valence-corrected chi connectivity index (χ3v) is 4.66. The normalized spacial score (nSPS) is 20.5. The first-order valence-corrected chi connectivity index (χ1v) is 8.39. The lowest BCUT2D eigenvalue weighted by Crippen LogP contribution is -2.36. The zero-order valence-corrected chi connectivity index (χ0v) is 13.5. The van der Waals surface area contributed by atoms with Crippen LogP contribution in [0, 0.1) is 5.92 Å². The molecule has 1 aromatic heterocycles. The number of H-pyrrole nitrogens is 1. The predicted molar refractivity (Wildman–Crippen MR) is 91.0 cm³/mol. The van der Waals surface area contributed by atoms with Crippen molar-refractivity contribution in [3.05, 3.63) is 59.4 Å². The summed E-state index contributed by atoms with van der Waals surface area (Å²) in [5.41, 5.74) is 1.67. The fourth-order valence-electron chi connectivity index (χ4n) is 3.16. The van der Waals surface area contributed by atoms with Crippen molar-refractivity contribution >= 4 is 11.7 Å². The minimum Gasteiger partial charge on any atom is -0.393 e. The van der Waals surface area contributed by atoms with Crippen LogP contribution in [0.3, 0.4) is 0 Å². The molecule has 0 spiro atoms. The van der Waals surface area contributed by atoms with Gasteiger partial charge in [0.2, 0.25) is 0 Å². The standard InChI is InChI=1S/C19H22N2O3/c22-17-4-2-1-3-15(17)12-21-19(24)14-7-5-13(6-8-14)18(23)16-9-10-20-11-16/h5-11,15,17,20,22H,1-4,12H2,(H,21,24). The SMILES string of the molecule is O=C(NCC1CCCCC1O)c1ccc(C(=O)c2cc[nH]c2)cc1. The van der Waals surface area contributed by atoms with Gasteiger partial charge < -0.3 is 15.4 Å². The third kappa shape index (κ3) is 3.74. The maximum atomic E-state index is 12.2. The van der Waals surface area contributed by atoms with Crippen LogP contribution < -0.4 is 5.32 Å². The highest BCUT2D eigenvalue weighted by Crippen LogP contribution is 2.23. The highest BCUT2D eigenvalue weighted by Gasteiger charge is 2.23. The number of amides is 1. The number of carbonyl (C=O) groups is 2. The van der Waals surface area contributed by atoms with Gasteiger partial charge in [-0.3, -0.25) is 9.59 Å². The van der Waals surface area contributed by atoms with Gasteiger partial charge in [0, 0.05) is 41.5 Å². The lowest BCUT2D eigenvalue weighted by molar-refractivity contribution is 0.0662. The molecule has 1 aromatic carbocycles. The molecule has 0 aliphatic heterocycles. The molecular formula is C19H22N2O3. The first-order chi connectivity index (χ1) is 11.6. The molecule has 0 saturated heterocycles. The second-order valence-corrected chi connectivity index (χ2v) is 6.33. The van der Waals surface area contributed by atoms with E-state index < -0.39 is 0 Å². The van der Waals surface area contributed by atoms with Crippen molar-refractivity contribution in [1.29, 1.82) is 0 Å². The van der Waals surface area contributed by atoms with E-state index >= 15 is 0 Å². The molecule has 2 unspecified atom stereocenters. The van der Waals surface area contributed by atoms with Crippen molar-refractivity contribution in [3.8, 4) is 0 Å². The van der Waals surface area contributed by atoms with Crippen molar-refractivity contribution in [2.24, 2.45) is 5.92 Å². The van der Waals surface area contributed by atoms with Gasteiger partial charge in [-0.25, -0.2) is 0 Å². The fourth-order valence-corrected chi connectivity index (χ4v) is 3.16. The Labute approximate surface area is 141 Å². The average molecular weight is 326 g/mol. The van der Waals surface area contributed by atoms with Gasteiger partial charge in [-0.1, -0.05) is 25.0 Å². The van der Waals surface area contributed by atoms with Gasteiger partial charge in [-0.05, 0) is 31.0 Å². The Morgan fingerprint density at radius 2 is 1.75 bits per heavy atom. The van der Waals surface area contributed by atoms with E-state index in [1.807, 2.05) is 0 Å². The first kappa shape index (κ1) is 16.5. The predicted octanol–water partition coefficient (Wildman–Crippen LogP) is 2.53. The minimum absolute atomic E-state index is 0.0754. The zero-order chi connectivity index (χ0) is 16.9. The number of hydrogen-bond donors (Lipinski definition) is 3. The molecule has 1 fully saturated rings. The molecule has 2 aromatic rings. The van der Waals surface area contributed by atoms with Crippen LogP contribution in [-0.4, -0.2) is 34.4 Å². The van der Waals surface area contributed by atoms with Crippen molar-refractivity contribution in [2.75, 3.05) is 6.54 Å². The van der Waals surface area contributed by atoms with Gasteiger partial charge >= 0.3 is 0 Å². The summed E-state index contributed by atoms with van der Waals surface area (Å²) in [6.45, 7) is 0.490. The molecule has 0 radical (unpaired) electrons. The number of rotatable bonds is 5. The quantitative estimate of drug-likeness (QED) is 0.738.